The summed E-state index contributed by atoms with van der Waals surface area (Å²) in [6.45, 7) is 8.59. The summed E-state index contributed by atoms with van der Waals surface area (Å²) in [5.74, 6) is 0. The van der Waals surface area contributed by atoms with Crippen molar-refractivity contribution in [2.75, 3.05) is 19.6 Å². The predicted molar refractivity (Wildman–Crippen MR) is 86.6 cm³/mol. The third-order valence-corrected chi connectivity index (χ3v) is 5.42. The third kappa shape index (κ3) is 5.16. The number of nitrogens with zero attached hydrogens (tertiary/aromatic N) is 1. The standard InChI is InChI=1S/C14H23BrN2O2S/c1-4-17(5-2)11-12(3)16-20(18,19)14-8-6-13(10-15)7-9-14/h6-9,12,16H,4-5,10-11H2,1-3H3. The van der Waals surface area contributed by atoms with Gasteiger partial charge in [0, 0.05) is 17.9 Å². The number of likely N-dealkylation sites (N-methyl/N-ethyl adjacent to an activating group) is 1. The fourth-order valence-corrected chi connectivity index (χ4v) is 3.61. The summed E-state index contributed by atoms with van der Waals surface area (Å²) in [6.07, 6.45) is 0. The zero-order valence-corrected chi connectivity index (χ0v) is 14.7. The van der Waals surface area contributed by atoms with Gasteiger partial charge in [0.05, 0.1) is 4.90 Å². The van der Waals surface area contributed by atoms with Crippen molar-refractivity contribution in [3.05, 3.63) is 29.8 Å². The molecule has 0 aliphatic carbocycles. The molecule has 0 aliphatic rings. The summed E-state index contributed by atoms with van der Waals surface area (Å²) >= 11 is 3.35. The van der Waals surface area contributed by atoms with Gasteiger partial charge in [-0.25, -0.2) is 13.1 Å². The molecule has 114 valence electrons. The second kappa shape index (κ2) is 8.12. The molecule has 1 rings (SSSR count). The first kappa shape index (κ1) is 17.6. The average Bonchev–Trinajstić information content (AvgIpc) is 2.44. The van der Waals surface area contributed by atoms with Crippen LogP contribution in [0, 0.1) is 0 Å². The minimum absolute atomic E-state index is 0.115. The molecular weight excluding hydrogens is 340 g/mol. The first-order valence-corrected chi connectivity index (χ1v) is 9.43. The van der Waals surface area contributed by atoms with E-state index in [0.29, 0.717) is 11.4 Å². The quantitative estimate of drug-likeness (QED) is 0.723. The van der Waals surface area contributed by atoms with Gasteiger partial charge in [0.25, 0.3) is 0 Å². The van der Waals surface area contributed by atoms with Gasteiger partial charge in [0.15, 0.2) is 0 Å². The lowest BCUT2D eigenvalue weighted by Gasteiger charge is -2.23. The number of alkyl halides is 1. The summed E-state index contributed by atoms with van der Waals surface area (Å²) in [5.41, 5.74) is 1.06. The molecule has 4 nitrogen and oxygen atoms in total. The maximum absolute atomic E-state index is 12.3. The van der Waals surface area contributed by atoms with E-state index >= 15 is 0 Å². The second-order valence-corrected chi connectivity index (χ2v) is 7.06. The smallest absolute Gasteiger partial charge is 0.240 e. The van der Waals surface area contributed by atoms with E-state index in [4.69, 9.17) is 0 Å². The van der Waals surface area contributed by atoms with Crippen LogP contribution in [0.5, 0.6) is 0 Å². The van der Waals surface area contributed by atoms with Crippen LogP contribution in [0.2, 0.25) is 0 Å². The Morgan fingerprint density at radius 1 is 1.20 bits per heavy atom. The van der Waals surface area contributed by atoms with E-state index < -0.39 is 10.0 Å². The molecule has 0 aromatic heterocycles. The maximum atomic E-state index is 12.3. The third-order valence-electron chi connectivity index (χ3n) is 3.17. The van der Waals surface area contributed by atoms with Crippen molar-refractivity contribution in [1.29, 1.82) is 0 Å². The molecule has 1 N–H and O–H groups in total. The highest BCUT2D eigenvalue weighted by atomic mass is 79.9. The van der Waals surface area contributed by atoms with Gasteiger partial charge in [0.1, 0.15) is 0 Å². The Labute approximate surface area is 130 Å². The van der Waals surface area contributed by atoms with Crippen molar-refractivity contribution in [2.45, 2.75) is 37.0 Å². The monoisotopic (exact) mass is 362 g/mol. The average molecular weight is 363 g/mol. The van der Waals surface area contributed by atoms with Crippen molar-refractivity contribution in [3.8, 4) is 0 Å². The van der Waals surface area contributed by atoms with Gasteiger partial charge >= 0.3 is 0 Å². The first-order chi connectivity index (χ1) is 9.42. The van der Waals surface area contributed by atoms with Crippen LogP contribution in [0.4, 0.5) is 0 Å². The Morgan fingerprint density at radius 3 is 2.20 bits per heavy atom. The van der Waals surface area contributed by atoms with E-state index in [2.05, 4.69) is 39.4 Å². The molecule has 1 unspecified atom stereocenters. The molecule has 0 fully saturated rings. The minimum atomic E-state index is -3.44. The van der Waals surface area contributed by atoms with E-state index in [-0.39, 0.29) is 6.04 Å². The van der Waals surface area contributed by atoms with Gasteiger partial charge in [-0.15, -0.1) is 0 Å². The molecule has 1 atom stereocenters. The topological polar surface area (TPSA) is 49.4 Å². The highest BCUT2D eigenvalue weighted by Gasteiger charge is 2.18. The number of hydrogen-bond acceptors (Lipinski definition) is 3. The molecule has 0 heterocycles. The van der Waals surface area contributed by atoms with Crippen LogP contribution in [0.1, 0.15) is 26.3 Å². The van der Waals surface area contributed by atoms with Gasteiger partial charge in [0.2, 0.25) is 10.0 Å². The Balaban J connectivity index is 2.73. The highest BCUT2D eigenvalue weighted by molar-refractivity contribution is 9.08. The Bertz CT molecular complexity index is 498. The SMILES string of the molecule is CCN(CC)CC(C)NS(=O)(=O)c1ccc(CBr)cc1. The molecule has 0 radical (unpaired) electrons. The van der Waals surface area contributed by atoms with E-state index in [9.17, 15) is 8.42 Å². The van der Waals surface area contributed by atoms with Crippen LogP contribution in [-0.2, 0) is 15.4 Å². The van der Waals surface area contributed by atoms with E-state index in [1.165, 1.54) is 0 Å². The van der Waals surface area contributed by atoms with Gasteiger partial charge < -0.3 is 4.90 Å². The molecule has 0 bridgehead atoms. The lowest BCUT2D eigenvalue weighted by Crippen LogP contribution is -2.41. The molecule has 0 amide bonds. The Hall–Kier alpha value is -0.430. The largest absolute Gasteiger partial charge is 0.302 e. The van der Waals surface area contributed by atoms with Crippen molar-refractivity contribution >= 4 is 26.0 Å². The molecule has 0 spiro atoms. The molecule has 0 saturated heterocycles. The van der Waals surface area contributed by atoms with Crippen LogP contribution in [0.3, 0.4) is 0 Å². The predicted octanol–water partition coefficient (Wildman–Crippen LogP) is 2.59. The second-order valence-electron chi connectivity index (χ2n) is 4.79. The lowest BCUT2D eigenvalue weighted by atomic mass is 10.2. The zero-order chi connectivity index (χ0) is 15.2. The number of nitrogens with one attached hydrogen (secondary N) is 1. The fraction of sp³-hybridized carbons (Fsp3) is 0.571. The summed E-state index contributed by atoms with van der Waals surface area (Å²) < 4.78 is 27.2. The van der Waals surface area contributed by atoms with Crippen molar-refractivity contribution in [1.82, 2.24) is 9.62 Å². The van der Waals surface area contributed by atoms with Crippen LogP contribution in [0.15, 0.2) is 29.2 Å². The molecule has 6 heteroatoms. The van der Waals surface area contributed by atoms with Crippen molar-refractivity contribution < 1.29 is 8.42 Å². The molecular formula is C14H23BrN2O2S. The number of halogens is 1. The van der Waals surface area contributed by atoms with Gasteiger partial charge in [-0.05, 0) is 37.7 Å². The molecule has 1 aromatic rings. The fourth-order valence-electron chi connectivity index (χ4n) is 2.00. The zero-order valence-electron chi connectivity index (χ0n) is 12.3. The maximum Gasteiger partial charge on any atom is 0.240 e. The van der Waals surface area contributed by atoms with Crippen molar-refractivity contribution in [2.24, 2.45) is 0 Å². The Kier molecular flexibility index (Phi) is 7.15. The van der Waals surface area contributed by atoms with Crippen LogP contribution >= 0.6 is 15.9 Å². The first-order valence-electron chi connectivity index (χ1n) is 6.82. The van der Waals surface area contributed by atoms with Crippen LogP contribution in [-0.4, -0.2) is 39.0 Å². The summed E-state index contributed by atoms with van der Waals surface area (Å²) in [4.78, 5) is 2.51. The van der Waals surface area contributed by atoms with Crippen molar-refractivity contribution in [3.63, 3.8) is 0 Å². The molecule has 20 heavy (non-hydrogen) atoms. The lowest BCUT2D eigenvalue weighted by molar-refractivity contribution is 0.282. The normalized spacial score (nSPS) is 13.7. The summed E-state index contributed by atoms with van der Waals surface area (Å²) in [7, 11) is -3.44. The summed E-state index contributed by atoms with van der Waals surface area (Å²) in [5, 5.41) is 0.721. The van der Waals surface area contributed by atoms with E-state index in [0.717, 1.165) is 24.0 Å². The number of rotatable bonds is 8. The number of sulfonamides is 1. The van der Waals surface area contributed by atoms with Crippen LogP contribution < -0.4 is 4.72 Å². The Morgan fingerprint density at radius 2 is 1.75 bits per heavy atom. The highest BCUT2D eigenvalue weighted by Crippen LogP contribution is 2.13. The van der Waals surface area contributed by atoms with E-state index in [1.54, 1.807) is 12.1 Å². The summed E-state index contributed by atoms with van der Waals surface area (Å²) in [6, 6.07) is 6.80. The molecule has 1 aromatic carbocycles. The number of hydrogen-bond donors (Lipinski definition) is 1. The van der Waals surface area contributed by atoms with Crippen LogP contribution in [0.25, 0.3) is 0 Å². The molecule has 0 aliphatic heterocycles. The minimum Gasteiger partial charge on any atom is -0.302 e. The van der Waals surface area contributed by atoms with E-state index in [1.807, 2.05) is 19.1 Å². The molecule has 0 saturated carbocycles. The van der Waals surface area contributed by atoms with Gasteiger partial charge in [-0.2, -0.15) is 0 Å². The van der Waals surface area contributed by atoms with Gasteiger partial charge in [-0.3, -0.25) is 0 Å². The van der Waals surface area contributed by atoms with Gasteiger partial charge in [-0.1, -0.05) is 41.9 Å². The number of benzene rings is 1.